The third kappa shape index (κ3) is 1.61. The summed E-state index contributed by atoms with van der Waals surface area (Å²) in [4.78, 5) is 11.7. The summed E-state index contributed by atoms with van der Waals surface area (Å²) in [6.45, 7) is 1.95. The van der Waals surface area contributed by atoms with Gasteiger partial charge in [-0.15, -0.1) is 0 Å². The molecule has 0 bridgehead atoms. The molecule has 1 aliphatic heterocycles. The molecule has 80 valence electrons. The lowest BCUT2D eigenvalue weighted by molar-refractivity contribution is 0.0842. The van der Waals surface area contributed by atoms with E-state index in [0.29, 0.717) is 12.0 Å². The molecule has 1 aromatic carbocycles. The highest BCUT2D eigenvalue weighted by molar-refractivity contribution is 6.31. The summed E-state index contributed by atoms with van der Waals surface area (Å²) in [7, 11) is 0. The molecule has 0 aromatic heterocycles. The number of hydrogen-bond acceptors (Lipinski definition) is 2. The van der Waals surface area contributed by atoms with Crippen molar-refractivity contribution in [2.24, 2.45) is 0 Å². The molecule has 1 atom stereocenters. The Morgan fingerprint density at radius 3 is 2.93 bits per heavy atom. The minimum absolute atomic E-state index is 0.00551. The van der Waals surface area contributed by atoms with Crippen LogP contribution in [-0.4, -0.2) is 11.9 Å². The maximum absolute atomic E-state index is 13.5. The zero-order valence-electron chi connectivity index (χ0n) is 8.22. The molecule has 0 saturated carbocycles. The van der Waals surface area contributed by atoms with Gasteiger partial charge in [0.2, 0.25) is 5.78 Å². The van der Waals surface area contributed by atoms with Crippen LogP contribution in [0.25, 0.3) is 0 Å². The molecule has 1 unspecified atom stereocenters. The zero-order valence-corrected chi connectivity index (χ0v) is 8.97. The van der Waals surface area contributed by atoms with Crippen LogP contribution in [0.3, 0.4) is 0 Å². The molecule has 2 rings (SSSR count). The molecule has 0 spiro atoms. The second kappa shape index (κ2) is 3.81. The number of rotatable bonds is 2. The first-order valence-corrected chi connectivity index (χ1v) is 5.21. The SMILES string of the molecule is CCCC1Oc2c(ccc(Cl)c2F)C1=O. The summed E-state index contributed by atoms with van der Waals surface area (Å²) >= 11 is 5.60. The van der Waals surface area contributed by atoms with Gasteiger partial charge in [-0.05, 0) is 18.6 Å². The second-order valence-corrected chi connectivity index (χ2v) is 3.90. The molecule has 1 aromatic rings. The molecule has 1 aliphatic rings. The van der Waals surface area contributed by atoms with Crippen LogP contribution in [0.15, 0.2) is 12.1 Å². The molecule has 0 fully saturated rings. The van der Waals surface area contributed by atoms with E-state index in [1.54, 1.807) is 0 Å². The molecule has 0 amide bonds. The molecule has 0 radical (unpaired) electrons. The molecule has 0 aliphatic carbocycles. The second-order valence-electron chi connectivity index (χ2n) is 3.50. The Morgan fingerprint density at radius 2 is 2.27 bits per heavy atom. The summed E-state index contributed by atoms with van der Waals surface area (Å²) in [5.74, 6) is -0.783. The number of Topliss-reactive ketones (excluding diaryl/α,β-unsaturated/α-hetero) is 1. The first kappa shape index (κ1) is 10.4. The van der Waals surface area contributed by atoms with Crippen LogP contribution in [0.4, 0.5) is 4.39 Å². The van der Waals surface area contributed by atoms with Gasteiger partial charge in [0.05, 0.1) is 10.6 Å². The average Bonchev–Trinajstić information content (AvgIpc) is 2.52. The lowest BCUT2D eigenvalue weighted by Gasteiger charge is -2.07. The Bertz CT molecular complexity index is 417. The van der Waals surface area contributed by atoms with Crippen LogP contribution in [0.1, 0.15) is 30.1 Å². The van der Waals surface area contributed by atoms with Crippen molar-refractivity contribution in [2.45, 2.75) is 25.9 Å². The summed E-state index contributed by atoms with van der Waals surface area (Å²) < 4.78 is 18.7. The van der Waals surface area contributed by atoms with Gasteiger partial charge in [-0.2, -0.15) is 0 Å². The maximum Gasteiger partial charge on any atom is 0.207 e. The summed E-state index contributed by atoms with van der Waals surface area (Å²) in [5.41, 5.74) is 0.301. The van der Waals surface area contributed by atoms with Crippen molar-refractivity contribution >= 4 is 17.4 Å². The minimum Gasteiger partial charge on any atom is -0.478 e. The molecule has 2 nitrogen and oxygen atoms in total. The van der Waals surface area contributed by atoms with Crippen LogP contribution in [0.2, 0.25) is 5.02 Å². The van der Waals surface area contributed by atoms with Gasteiger partial charge in [-0.1, -0.05) is 24.9 Å². The monoisotopic (exact) mass is 228 g/mol. The highest BCUT2D eigenvalue weighted by Gasteiger charge is 2.34. The highest BCUT2D eigenvalue weighted by Crippen LogP contribution is 2.36. The molecule has 4 heteroatoms. The van der Waals surface area contributed by atoms with E-state index in [9.17, 15) is 9.18 Å². The fourth-order valence-corrected chi connectivity index (χ4v) is 1.81. The van der Waals surface area contributed by atoms with E-state index in [2.05, 4.69) is 0 Å². The Kier molecular flexibility index (Phi) is 2.65. The average molecular weight is 229 g/mol. The van der Waals surface area contributed by atoms with E-state index in [-0.39, 0.29) is 16.6 Å². The van der Waals surface area contributed by atoms with E-state index in [1.807, 2.05) is 6.92 Å². The third-order valence-corrected chi connectivity index (χ3v) is 2.71. The van der Waals surface area contributed by atoms with E-state index in [4.69, 9.17) is 16.3 Å². The standard InChI is InChI=1S/C11H10ClFO2/c1-2-3-8-10(14)6-4-5-7(12)9(13)11(6)15-8/h4-5,8H,2-3H2,1H3. The van der Waals surface area contributed by atoms with Crippen LogP contribution in [0, 0.1) is 5.82 Å². The first-order chi connectivity index (χ1) is 7.15. The van der Waals surface area contributed by atoms with Crippen LogP contribution < -0.4 is 4.74 Å². The maximum atomic E-state index is 13.5. The van der Waals surface area contributed by atoms with Crippen molar-refractivity contribution in [2.75, 3.05) is 0 Å². The van der Waals surface area contributed by atoms with Crippen LogP contribution in [0.5, 0.6) is 5.75 Å². The molecular weight excluding hydrogens is 219 g/mol. The number of carbonyl (C=O) groups is 1. The number of benzene rings is 1. The third-order valence-electron chi connectivity index (χ3n) is 2.42. The van der Waals surface area contributed by atoms with Crippen molar-refractivity contribution in [1.29, 1.82) is 0 Å². The van der Waals surface area contributed by atoms with Crippen molar-refractivity contribution in [3.8, 4) is 5.75 Å². The van der Waals surface area contributed by atoms with Crippen LogP contribution >= 0.6 is 11.6 Å². The highest BCUT2D eigenvalue weighted by atomic mass is 35.5. The van der Waals surface area contributed by atoms with E-state index >= 15 is 0 Å². The predicted molar refractivity (Wildman–Crippen MR) is 55.1 cm³/mol. The van der Waals surface area contributed by atoms with Gasteiger partial charge in [0.15, 0.2) is 17.7 Å². The van der Waals surface area contributed by atoms with Gasteiger partial charge < -0.3 is 4.74 Å². The number of halogens is 2. The number of hydrogen-bond donors (Lipinski definition) is 0. The first-order valence-electron chi connectivity index (χ1n) is 4.84. The Hall–Kier alpha value is -1.09. The summed E-state index contributed by atoms with van der Waals surface area (Å²) in [5, 5.41) is -0.0151. The van der Waals surface area contributed by atoms with Gasteiger partial charge in [-0.3, -0.25) is 4.79 Å². The van der Waals surface area contributed by atoms with Crippen molar-refractivity contribution in [3.05, 3.63) is 28.5 Å². The predicted octanol–water partition coefficient (Wildman–Crippen LogP) is 3.22. The van der Waals surface area contributed by atoms with Gasteiger partial charge in [0.1, 0.15) is 0 Å². The molecule has 0 saturated heterocycles. The smallest absolute Gasteiger partial charge is 0.207 e. The molecule has 15 heavy (non-hydrogen) atoms. The van der Waals surface area contributed by atoms with Crippen molar-refractivity contribution in [3.63, 3.8) is 0 Å². The van der Waals surface area contributed by atoms with Crippen molar-refractivity contribution in [1.82, 2.24) is 0 Å². The lowest BCUT2D eigenvalue weighted by Crippen LogP contribution is -2.19. The molecular formula is C11H10ClFO2. The van der Waals surface area contributed by atoms with Gasteiger partial charge >= 0.3 is 0 Å². The largest absolute Gasteiger partial charge is 0.478 e. The number of ketones is 1. The quantitative estimate of drug-likeness (QED) is 0.777. The Morgan fingerprint density at radius 1 is 1.53 bits per heavy atom. The van der Waals surface area contributed by atoms with E-state index < -0.39 is 11.9 Å². The topological polar surface area (TPSA) is 26.3 Å². The minimum atomic E-state index is -0.638. The van der Waals surface area contributed by atoms with Gasteiger partial charge in [0, 0.05) is 0 Å². The normalized spacial score (nSPS) is 18.9. The fraction of sp³-hybridized carbons (Fsp3) is 0.364. The molecule has 1 heterocycles. The van der Waals surface area contributed by atoms with Gasteiger partial charge in [0.25, 0.3) is 0 Å². The zero-order chi connectivity index (χ0) is 11.0. The van der Waals surface area contributed by atoms with Crippen LogP contribution in [-0.2, 0) is 0 Å². The number of carbonyl (C=O) groups excluding carboxylic acids is 1. The molecule has 0 N–H and O–H groups in total. The Balaban J connectivity index is 2.41. The van der Waals surface area contributed by atoms with E-state index in [1.165, 1.54) is 12.1 Å². The summed E-state index contributed by atoms with van der Waals surface area (Å²) in [6, 6.07) is 2.89. The summed E-state index contributed by atoms with van der Waals surface area (Å²) in [6.07, 6.45) is 0.877. The lowest BCUT2D eigenvalue weighted by atomic mass is 10.1. The van der Waals surface area contributed by atoms with E-state index in [0.717, 1.165) is 6.42 Å². The fourth-order valence-electron chi connectivity index (χ4n) is 1.66. The number of ether oxygens (including phenoxy) is 1. The Labute approximate surface area is 92.0 Å². The van der Waals surface area contributed by atoms with Crippen molar-refractivity contribution < 1.29 is 13.9 Å². The van der Waals surface area contributed by atoms with Gasteiger partial charge in [-0.25, -0.2) is 4.39 Å². The number of fused-ring (bicyclic) bond motifs is 1.